The van der Waals surface area contributed by atoms with Gasteiger partial charge in [-0.2, -0.15) is 0 Å². The summed E-state index contributed by atoms with van der Waals surface area (Å²) < 4.78 is 13.3. The van der Waals surface area contributed by atoms with Gasteiger partial charge in [0.1, 0.15) is 30.0 Å². The van der Waals surface area contributed by atoms with E-state index in [-0.39, 0.29) is 18.4 Å². The molecule has 1 N–H and O–H groups in total. The fraction of sp³-hybridized carbons (Fsp3) is 0.310. The summed E-state index contributed by atoms with van der Waals surface area (Å²) in [4.78, 5) is 19.7. The highest BCUT2D eigenvalue weighted by Gasteiger charge is 2.35. The molecule has 0 aliphatic carbocycles. The SMILES string of the molecule is COc1ccc(N2C[C@H](c3nc4ccccc4n3C[C@H](O)COc3c(C)cccc3C)CC2=O)cc1. The molecule has 0 bridgehead atoms. The molecule has 186 valence electrons. The molecule has 1 aromatic heterocycles. The second-order valence-electron chi connectivity index (χ2n) is 9.36. The number of benzene rings is 3. The Morgan fingerprint density at radius 2 is 1.75 bits per heavy atom. The molecule has 1 amide bonds. The molecule has 1 fully saturated rings. The van der Waals surface area contributed by atoms with E-state index in [1.165, 1.54) is 0 Å². The zero-order valence-corrected chi connectivity index (χ0v) is 20.8. The lowest BCUT2D eigenvalue weighted by Crippen LogP contribution is -2.26. The number of rotatable bonds is 8. The number of nitrogens with zero attached hydrogens (tertiary/aromatic N) is 3. The van der Waals surface area contributed by atoms with Crippen LogP contribution in [-0.2, 0) is 11.3 Å². The number of hydrogen-bond acceptors (Lipinski definition) is 5. The summed E-state index contributed by atoms with van der Waals surface area (Å²) in [7, 11) is 1.62. The Balaban J connectivity index is 1.38. The van der Waals surface area contributed by atoms with E-state index in [1.54, 1.807) is 12.0 Å². The van der Waals surface area contributed by atoms with E-state index in [1.807, 2.05) is 85.1 Å². The first-order chi connectivity index (χ1) is 17.4. The predicted molar refractivity (Wildman–Crippen MR) is 140 cm³/mol. The van der Waals surface area contributed by atoms with E-state index >= 15 is 0 Å². The number of aryl methyl sites for hydroxylation is 2. The molecule has 3 aromatic carbocycles. The largest absolute Gasteiger partial charge is 0.497 e. The van der Waals surface area contributed by atoms with Gasteiger partial charge in [-0.15, -0.1) is 0 Å². The van der Waals surface area contributed by atoms with Crippen molar-refractivity contribution in [3.05, 3.63) is 83.7 Å². The van der Waals surface area contributed by atoms with Crippen molar-refractivity contribution in [2.45, 2.75) is 38.8 Å². The number of aliphatic hydroxyl groups excluding tert-OH is 1. The van der Waals surface area contributed by atoms with Crippen molar-refractivity contribution in [3.8, 4) is 11.5 Å². The highest BCUT2D eigenvalue weighted by Crippen LogP contribution is 2.34. The average molecular weight is 486 g/mol. The molecule has 1 aliphatic heterocycles. The van der Waals surface area contributed by atoms with Crippen LogP contribution in [0.15, 0.2) is 66.7 Å². The Morgan fingerprint density at radius 1 is 1.03 bits per heavy atom. The summed E-state index contributed by atoms with van der Waals surface area (Å²) in [5, 5.41) is 11.0. The predicted octanol–water partition coefficient (Wildman–Crippen LogP) is 4.62. The first kappa shape index (κ1) is 23.9. The van der Waals surface area contributed by atoms with Gasteiger partial charge in [-0.05, 0) is 61.4 Å². The van der Waals surface area contributed by atoms with Crippen LogP contribution in [0.4, 0.5) is 5.69 Å². The van der Waals surface area contributed by atoms with Crippen LogP contribution in [0, 0.1) is 13.8 Å². The van der Waals surface area contributed by atoms with Crippen LogP contribution in [0.3, 0.4) is 0 Å². The van der Waals surface area contributed by atoms with Crippen molar-refractivity contribution in [1.82, 2.24) is 9.55 Å². The van der Waals surface area contributed by atoms with Gasteiger partial charge in [0.05, 0.1) is 24.7 Å². The summed E-state index contributed by atoms with van der Waals surface area (Å²) in [6.07, 6.45) is -0.375. The Labute approximate surface area is 210 Å². The Hall–Kier alpha value is -3.84. The molecule has 0 unspecified atom stereocenters. The van der Waals surface area contributed by atoms with Crippen molar-refractivity contribution in [2.24, 2.45) is 0 Å². The van der Waals surface area contributed by atoms with Crippen LogP contribution in [-0.4, -0.2) is 46.9 Å². The van der Waals surface area contributed by atoms with Gasteiger partial charge in [-0.3, -0.25) is 4.79 Å². The zero-order chi connectivity index (χ0) is 25.2. The van der Waals surface area contributed by atoms with Crippen LogP contribution in [0.1, 0.15) is 29.3 Å². The van der Waals surface area contributed by atoms with Gasteiger partial charge in [0, 0.05) is 24.6 Å². The number of amides is 1. The van der Waals surface area contributed by atoms with E-state index in [4.69, 9.17) is 14.5 Å². The topological polar surface area (TPSA) is 76.8 Å². The molecule has 2 atom stereocenters. The van der Waals surface area contributed by atoms with E-state index in [9.17, 15) is 9.90 Å². The number of aliphatic hydroxyl groups is 1. The molecular formula is C29H31N3O4. The third-order valence-electron chi connectivity index (χ3n) is 6.78. The minimum absolute atomic E-state index is 0.0580. The number of aromatic nitrogens is 2. The number of fused-ring (bicyclic) bond motifs is 1. The van der Waals surface area contributed by atoms with Crippen LogP contribution in [0.5, 0.6) is 11.5 Å². The van der Waals surface area contributed by atoms with Crippen molar-refractivity contribution >= 4 is 22.6 Å². The highest BCUT2D eigenvalue weighted by atomic mass is 16.5. The molecule has 1 aliphatic rings. The number of hydrogen-bond donors (Lipinski definition) is 1. The van der Waals surface area contributed by atoms with Crippen molar-refractivity contribution in [2.75, 3.05) is 25.2 Å². The lowest BCUT2D eigenvalue weighted by molar-refractivity contribution is -0.117. The van der Waals surface area contributed by atoms with Crippen molar-refractivity contribution < 1.29 is 19.4 Å². The number of para-hydroxylation sites is 3. The standard InChI is InChI=1S/C29H31N3O4/c1-19-7-6-8-20(2)28(19)36-18-23(33)17-32-26-10-5-4-9-25(26)30-29(32)21-15-27(34)31(16-21)22-11-13-24(35-3)14-12-22/h4-14,21,23,33H,15-18H2,1-3H3/t21-,23+/m1/s1. The Morgan fingerprint density at radius 3 is 2.47 bits per heavy atom. The van der Waals surface area contributed by atoms with Gasteiger partial charge in [0.15, 0.2) is 0 Å². The summed E-state index contributed by atoms with van der Waals surface area (Å²) in [6.45, 7) is 5.03. The Bertz CT molecular complexity index is 1360. The summed E-state index contributed by atoms with van der Waals surface area (Å²) in [5.74, 6) is 2.35. The highest BCUT2D eigenvalue weighted by molar-refractivity contribution is 5.96. The third-order valence-corrected chi connectivity index (χ3v) is 6.78. The number of carbonyl (C=O) groups is 1. The molecule has 0 spiro atoms. The van der Waals surface area contributed by atoms with Gasteiger partial charge in [0.25, 0.3) is 0 Å². The zero-order valence-electron chi connectivity index (χ0n) is 20.8. The first-order valence-electron chi connectivity index (χ1n) is 12.2. The second kappa shape index (κ2) is 10.0. The number of carbonyl (C=O) groups excluding carboxylic acids is 1. The summed E-state index contributed by atoms with van der Waals surface area (Å²) >= 11 is 0. The number of anilines is 1. The van der Waals surface area contributed by atoms with Gasteiger partial charge in [-0.25, -0.2) is 4.98 Å². The molecule has 7 heteroatoms. The minimum atomic E-state index is -0.741. The lowest BCUT2D eigenvalue weighted by Gasteiger charge is -2.20. The quantitative estimate of drug-likeness (QED) is 0.394. The molecule has 0 saturated carbocycles. The minimum Gasteiger partial charge on any atom is -0.497 e. The van der Waals surface area contributed by atoms with Gasteiger partial charge < -0.3 is 24.0 Å². The van der Waals surface area contributed by atoms with Crippen molar-refractivity contribution in [1.29, 1.82) is 0 Å². The maximum Gasteiger partial charge on any atom is 0.227 e. The second-order valence-corrected chi connectivity index (χ2v) is 9.36. The molecule has 36 heavy (non-hydrogen) atoms. The number of ether oxygens (including phenoxy) is 2. The Kier molecular flexibility index (Phi) is 6.65. The number of imidazole rings is 1. The summed E-state index contributed by atoms with van der Waals surface area (Å²) in [6, 6.07) is 21.4. The van der Waals surface area contributed by atoms with Crippen LogP contribution in [0.2, 0.25) is 0 Å². The van der Waals surface area contributed by atoms with Gasteiger partial charge in [0.2, 0.25) is 5.91 Å². The molecule has 4 aromatic rings. The lowest BCUT2D eigenvalue weighted by atomic mass is 10.1. The molecular weight excluding hydrogens is 454 g/mol. The van der Waals surface area contributed by atoms with Crippen LogP contribution < -0.4 is 14.4 Å². The normalized spacial score (nSPS) is 16.5. The molecule has 7 nitrogen and oxygen atoms in total. The third kappa shape index (κ3) is 4.66. The monoisotopic (exact) mass is 485 g/mol. The maximum atomic E-state index is 13.0. The van der Waals surface area contributed by atoms with Gasteiger partial charge in [-0.1, -0.05) is 30.3 Å². The molecule has 1 saturated heterocycles. The van der Waals surface area contributed by atoms with E-state index in [0.717, 1.165) is 45.2 Å². The van der Waals surface area contributed by atoms with E-state index in [0.29, 0.717) is 19.5 Å². The van der Waals surface area contributed by atoms with Crippen LogP contribution >= 0.6 is 0 Å². The molecule has 2 heterocycles. The molecule has 5 rings (SSSR count). The molecule has 0 radical (unpaired) electrons. The smallest absolute Gasteiger partial charge is 0.227 e. The number of methoxy groups -OCH3 is 1. The fourth-order valence-electron chi connectivity index (χ4n) is 4.96. The van der Waals surface area contributed by atoms with Crippen molar-refractivity contribution in [3.63, 3.8) is 0 Å². The van der Waals surface area contributed by atoms with Gasteiger partial charge >= 0.3 is 0 Å². The average Bonchev–Trinajstić information content (AvgIpc) is 3.44. The van der Waals surface area contributed by atoms with E-state index < -0.39 is 6.10 Å². The van der Waals surface area contributed by atoms with E-state index in [2.05, 4.69) is 0 Å². The fourth-order valence-corrected chi connectivity index (χ4v) is 4.96. The van der Waals surface area contributed by atoms with Crippen LogP contribution in [0.25, 0.3) is 11.0 Å². The maximum absolute atomic E-state index is 13.0. The summed E-state index contributed by atoms with van der Waals surface area (Å²) in [5.41, 5.74) is 4.71. The first-order valence-corrected chi connectivity index (χ1v) is 12.2.